The van der Waals surface area contributed by atoms with E-state index in [4.69, 9.17) is 0 Å². The molecule has 3 unspecified atom stereocenters. The quantitative estimate of drug-likeness (QED) is 0.907. The highest BCUT2D eigenvalue weighted by Crippen LogP contribution is 2.29. The fourth-order valence-corrected chi connectivity index (χ4v) is 4.04. The first-order valence-corrected chi connectivity index (χ1v) is 8.04. The van der Waals surface area contributed by atoms with E-state index >= 15 is 0 Å². The summed E-state index contributed by atoms with van der Waals surface area (Å²) in [7, 11) is 0. The normalized spacial score (nSPS) is 27.0. The number of amides is 1. The van der Waals surface area contributed by atoms with Crippen molar-refractivity contribution in [3.8, 4) is 10.4 Å². The highest BCUT2D eigenvalue weighted by molar-refractivity contribution is 7.16. The molecule has 4 heterocycles. The SMILES string of the molecule is O=C(NC1CC2CCC1N2)c1ncc(-c2cccnc2)s1. The second-order valence-corrected chi connectivity index (χ2v) is 6.67. The number of rotatable bonds is 3. The van der Waals surface area contributed by atoms with Crippen molar-refractivity contribution in [1.29, 1.82) is 0 Å². The summed E-state index contributed by atoms with van der Waals surface area (Å²) in [4.78, 5) is 21.6. The van der Waals surface area contributed by atoms with Gasteiger partial charge in [0.05, 0.1) is 4.88 Å². The summed E-state index contributed by atoms with van der Waals surface area (Å²) in [5, 5.41) is 7.17. The molecule has 0 spiro atoms. The van der Waals surface area contributed by atoms with Crippen molar-refractivity contribution in [2.24, 2.45) is 0 Å². The number of thiazole rings is 1. The lowest BCUT2D eigenvalue weighted by molar-refractivity contribution is 0.0930. The van der Waals surface area contributed by atoms with Gasteiger partial charge in [0.25, 0.3) is 5.91 Å². The van der Waals surface area contributed by atoms with Crippen LogP contribution in [0.5, 0.6) is 0 Å². The molecule has 0 radical (unpaired) electrons. The number of pyridine rings is 1. The Hall–Kier alpha value is -1.79. The fourth-order valence-electron chi connectivity index (χ4n) is 3.23. The predicted octanol–water partition coefficient (Wildman–Crippen LogP) is 1.83. The number of nitrogens with one attached hydrogen (secondary N) is 2. The summed E-state index contributed by atoms with van der Waals surface area (Å²) < 4.78 is 0. The van der Waals surface area contributed by atoms with Gasteiger partial charge in [-0.25, -0.2) is 4.98 Å². The highest BCUT2D eigenvalue weighted by Gasteiger charge is 2.39. The van der Waals surface area contributed by atoms with Crippen LogP contribution in [0, 0.1) is 0 Å². The van der Waals surface area contributed by atoms with Crippen LogP contribution in [0.1, 0.15) is 29.1 Å². The third kappa shape index (κ3) is 2.45. The molecule has 2 bridgehead atoms. The molecule has 2 aromatic heterocycles. The van der Waals surface area contributed by atoms with E-state index in [9.17, 15) is 4.79 Å². The summed E-state index contributed by atoms with van der Waals surface area (Å²) in [6.07, 6.45) is 8.70. The first-order chi connectivity index (χ1) is 10.3. The van der Waals surface area contributed by atoms with E-state index in [1.165, 1.54) is 17.8 Å². The van der Waals surface area contributed by atoms with Gasteiger partial charge in [-0.1, -0.05) is 6.07 Å². The first kappa shape index (κ1) is 12.9. The topological polar surface area (TPSA) is 66.9 Å². The van der Waals surface area contributed by atoms with Gasteiger partial charge < -0.3 is 10.6 Å². The molecule has 2 aromatic rings. The van der Waals surface area contributed by atoms with Crippen molar-refractivity contribution in [2.45, 2.75) is 37.4 Å². The van der Waals surface area contributed by atoms with Gasteiger partial charge in [-0.15, -0.1) is 11.3 Å². The molecule has 3 atom stereocenters. The molecule has 2 N–H and O–H groups in total. The highest BCUT2D eigenvalue weighted by atomic mass is 32.1. The minimum atomic E-state index is -0.0607. The van der Waals surface area contributed by atoms with E-state index in [-0.39, 0.29) is 11.9 Å². The Morgan fingerprint density at radius 1 is 1.38 bits per heavy atom. The number of aromatic nitrogens is 2. The average Bonchev–Trinajstić information content (AvgIpc) is 3.24. The van der Waals surface area contributed by atoms with Crippen molar-refractivity contribution in [3.63, 3.8) is 0 Å². The maximum Gasteiger partial charge on any atom is 0.280 e. The zero-order valence-corrected chi connectivity index (χ0v) is 12.3. The average molecular weight is 300 g/mol. The molecule has 0 aliphatic carbocycles. The summed E-state index contributed by atoms with van der Waals surface area (Å²) in [6.45, 7) is 0. The standard InChI is InChI=1S/C15H16N4OS/c20-14(19-12-6-10-3-4-11(12)18-10)15-17-8-13(21-15)9-2-1-5-16-7-9/h1-2,5,7-8,10-12,18H,3-4,6H2,(H,19,20). The summed E-state index contributed by atoms with van der Waals surface area (Å²) in [5.41, 5.74) is 0.996. The third-order valence-corrected chi connectivity index (χ3v) is 5.31. The van der Waals surface area contributed by atoms with E-state index in [1.54, 1.807) is 18.6 Å². The predicted molar refractivity (Wildman–Crippen MR) is 81.2 cm³/mol. The molecule has 0 saturated carbocycles. The van der Waals surface area contributed by atoms with Gasteiger partial charge in [0.1, 0.15) is 0 Å². The molecule has 5 nitrogen and oxygen atoms in total. The summed E-state index contributed by atoms with van der Waals surface area (Å²) in [5.74, 6) is -0.0607. The van der Waals surface area contributed by atoms with Crippen molar-refractivity contribution < 1.29 is 4.79 Å². The number of carbonyl (C=O) groups is 1. The van der Waals surface area contributed by atoms with Gasteiger partial charge in [0.2, 0.25) is 0 Å². The molecule has 21 heavy (non-hydrogen) atoms. The number of hydrogen-bond donors (Lipinski definition) is 2. The lowest BCUT2D eigenvalue weighted by Gasteiger charge is -2.20. The molecule has 6 heteroatoms. The molecule has 4 rings (SSSR count). The Kier molecular flexibility index (Phi) is 3.20. The van der Waals surface area contributed by atoms with Crippen LogP contribution in [0.2, 0.25) is 0 Å². The molecular weight excluding hydrogens is 284 g/mol. The second-order valence-electron chi connectivity index (χ2n) is 5.63. The maximum atomic E-state index is 12.3. The largest absolute Gasteiger partial charge is 0.346 e. The minimum Gasteiger partial charge on any atom is -0.346 e. The molecule has 108 valence electrons. The van der Waals surface area contributed by atoms with Crippen LogP contribution in [0.25, 0.3) is 10.4 Å². The Morgan fingerprint density at radius 3 is 3.05 bits per heavy atom. The van der Waals surface area contributed by atoms with E-state index in [0.717, 1.165) is 23.3 Å². The van der Waals surface area contributed by atoms with E-state index in [2.05, 4.69) is 20.6 Å². The molecule has 2 saturated heterocycles. The number of nitrogens with zero attached hydrogens (tertiary/aromatic N) is 2. The van der Waals surface area contributed by atoms with Crippen LogP contribution in [-0.4, -0.2) is 34.0 Å². The monoisotopic (exact) mass is 300 g/mol. The maximum absolute atomic E-state index is 12.3. The summed E-state index contributed by atoms with van der Waals surface area (Å²) in [6, 6.07) is 5.14. The molecule has 2 fully saturated rings. The van der Waals surface area contributed by atoms with Gasteiger partial charge in [0, 0.05) is 42.3 Å². The van der Waals surface area contributed by atoms with Crippen LogP contribution >= 0.6 is 11.3 Å². The van der Waals surface area contributed by atoms with Crippen LogP contribution in [0.15, 0.2) is 30.7 Å². The van der Waals surface area contributed by atoms with Crippen molar-refractivity contribution in [2.75, 3.05) is 0 Å². The lowest BCUT2D eigenvalue weighted by Crippen LogP contribution is -2.42. The van der Waals surface area contributed by atoms with Crippen molar-refractivity contribution in [1.82, 2.24) is 20.6 Å². The Bertz CT molecular complexity index is 657. The second kappa shape index (κ2) is 5.20. The number of carbonyl (C=O) groups excluding carboxylic acids is 1. The van der Waals surface area contributed by atoms with Gasteiger partial charge >= 0.3 is 0 Å². The van der Waals surface area contributed by atoms with Crippen LogP contribution in [0.3, 0.4) is 0 Å². The first-order valence-electron chi connectivity index (χ1n) is 7.23. The zero-order chi connectivity index (χ0) is 14.2. The van der Waals surface area contributed by atoms with E-state index < -0.39 is 0 Å². The van der Waals surface area contributed by atoms with E-state index in [0.29, 0.717) is 17.1 Å². The summed E-state index contributed by atoms with van der Waals surface area (Å²) >= 11 is 1.41. The van der Waals surface area contributed by atoms with Crippen LogP contribution < -0.4 is 10.6 Å². The molecular formula is C15H16N4OS. The fraction of sp³-hybridized carbons (Fsp3) is 0.400. The lowest BCUT2D eigenvalue weighted by atomic mass is 9.95. The van der Waals surface area contributed by atoms with E-state index in [1.807, 2.05) is 12.1 Å². The minimum absolute atomic E-state index is 0.0607. The van der Waals surface area contributed by atoms with Gasteiger partial charge in [0.15, 0.2) is 5.01 Å². The molecule has 0 aromatic carbocycles. The third-order valence-electron chi connectivity index (χ3n) is 4.26. The smallest absolute Gasteiger partial charge is 0.280 e. The van der Waals surface area contributed by atoms with Crippen molar-refractivity contribution in [3.05, 3.63) is 35.7 Å². The van der Waals surface area contributed by atoms with Crippen LogP contribution in [-0.2, 0) is 0 Å². The van der Waals surface area contributed by atoms with Gasteiger partial charge in [-0.3, -0.25) is 9.78 Å². The van der Waals surface area contributed by atoms with Crippen LogP contribution in [0.4, 0.5) is 0 Å². The number of hydrogen-bond acceptors (Lipinski definition) is 5. The molecule has 2 aliphatic rings. The Labute approximate surface area is 126 Å². The Morgan fingerprint density at radius 2 is 2.33 bits per heavy atom. The van der Waals surface area contributed by atoms with Crippen molar-refractivity contribution >= 4 is 17.2 Å². The van der Waals surface area contributed by atoms with Gasteiger partial charge in [-0.2, -0.15) is 0 Å². The molecule has 1 amide bonds. The van der Waals surface area contributed by atoms with Gasteiger partial charge in [-0.05, 0) is 25.3 Å². The zero-order valence-electron chi connectivity index (χ0n) is 11.5. The molecule has 2 aliphatic heterocycles. The Balaban J connectivity index is 1.47. The number of fused-ring (bicyclic) bond motifs is 2.